The molecule has 1 atom stereocenters. The summed E-state index contributed by atoms with van der Waals surface area (Å²) in [6.07, 6.45) is 1.57. The number of hydrogen-bond donors (Lipinski definition) is 0. The molecule has 2 aromatic carbocycles. The summed E-state index contributed by atoms with van der Waals surface area (Å²) in [5.74, 6) is -0.0615. The van der Waals surface area contributed by atoms with Crippen LogP contribution >= 0.6 is 0 Å². The van der Waals surface area contributed by atoms with Crippen molar-refractivity contribution < 1.29 is 14.3 Å². The quantitative estimate of drug-likeness (QED) is 0.359. The van der Waals surface area contributed by atoms with E-state index in [1.807, 2.05) is 67.6 Å². The van der Waals surface area contributed by atoms with E-state index in [2.05, 4.69) is 23.9 Å². The number of amides is 1. The van der Waals surface area contributed by atoms with Crippen LogP contribution < -0.4 is 4.90 Å². The number of carbonyl (C=O) groups excluding carboxylic acids is 1. The molecular weight excluding hydrogens is 432 g/mol. The van der Waals surface area contributed by atoms with Crippen molar-refractivity contribution in [3.63, 3.8) is 0 Å². The van der Waals surface area contributed by atoms with Crippen LogP contribution in [0, 0.1) is 4.91 Å². The van der Waals surface area contributed by atoms with Gasteiger partial charge in [-0.1, -0.05) is 60.7 Å². The maximum atomic E-state index is 10.9. The molecular formula is C26H30N4O4. The minimum atomic E-state index is -0.829. The van der Waals surface area contributed by atoms with Crippen molar-refractivity contribution in [1.82, 2.24) is 9.97 Å². The molecule has 3 aromatic rings. The lowest BCUT2D eigenvalue weighted by atomic mass is 10.0. The lowest BCUT2D eigenvalue weighted by Crippen LogP contribution is -2.36. The Morgan fingerprint density at radius 1 is 0.971 bits per heavy atom. The van der Waals surface area contributed by atoms with E-state index in [9.17, 15) is 9.70 Å². The zero-order valence-corrected chi connectivity index (χ0v) is 19.8. The molecule has 0 saturated carbocycles. The maximum Gasteiger partial charge on any atom is 0.311 e. The Balaban J connectivity index is 1.75. The molecule has 3 rings (SSSR count). The molecule has 1 heterocycles. The average molecular weight is 463 g/mol. The van der Waals surface area contributed by atoms with Crippen LogP contribution in [0.25, 0.3) is 22.5 Å². The van der Waals surface area contributed by atoms with E-state index in [1.54, 1.807) is 6.20 Å². The van der Waals surface area contributed by atoms with Crippen molar-refractivity contribution >= 4 is 11.7 Å². The van der Waals surface area contributed by atoms with Gasteiger partial charge in [0.25, 0.3) is 0 Å². The van der Waals surface area contributed by atoms with E-state index < -0.39 is 5.91 Å². The molecule has 0 radical (unpaired) electrons. The number of aromatic nitrogens is 2. The van der Waals surface area contributed by atoms with Gasteiger partial charge in [0.1, 0.15) is 12.4 Å². The molecule has 0 aliphatic rings. The van der Waals surface area contributed by atoms with E-state index in [4.69, 9.17) is 19.4 Å². The number of nitrogens with zero attached hydrogens (tertiary/aromatic N) is 4. The molecule has 0 aliphatic heterocycles. The SMILES string of the molecule is CC(COCC(=O)N=O)OCCN(c1cnc(-c2ccccc2)c(-c2ccccc2)n1)C(C)C. The van der Waals surface area contributed by atoms with Crippen LogP contribution in [0.15, 0.2) is 72.0 Å². The van der Waals surface area contributed by atoms with Gasteiger partial charge >= 0.3 is 5.91 Å². The van der Waals surface area contributed by atoms with Crippen LogP contribution in [-0.4, -0.2) is 54.4 Å². The highest BCUT2D eigenvalue weighted by atomic mass is 16.5. The molecule has 1 unspecified atom stereocenters. The molecule has 178 valence electrons. The van der Waals surface area contributed by atoms with E-state index in [0.29, 0.717) is 13.2 Å². The standard InChI is InChI=1S/C26H30N4O4/c1-19(2)30(14-15-34-20(3)17-33-18-24(31)29-32)23-16-27-25(21-10-6-4-7-11-21)26(28-23)22-12-8-5-9-13-22/h4-13,16,19-20H,14-15,17-18H2,1-3H3. The third-order valence-corrected chi connectivity index (χ3v) is 5.19. The molecule has 8 heteroatoms. The maximum absolute atomic E-state index is 10.9. The number of carbonyl (C=O) groups is 1. The summed E-state index contributed by atoms with van der Waals surface area (Å²) in [6.45, 7) is 6.95. The number of hydrogen-bond acceptors (Lipinski definition) is 7. The molecule has 0 fully saturated rings. The topological polar surface area (TPSA) is 94.0 Å². The first-order chi connectivity index (χ1) is 16.5. The molecule has 1 amide bonds. The molecule has 8 nitrogen and oxygen atoms in total. The highest BCUT2D eigenvalue weighted by molar-refractivity contribution is 5.79. The minimum absolute atomic E-state index is 0.173. The summed E-state index contributed by atoms with van der Waals surface area (Å²) in [5, 5.41) is 2.30. The van der Waals surface area contributed by atoms with E-state index in [0.717, 1.165) is 28.3 Å². The highest BCUT2D eigenvalue weighted by Gasteiger charge is 2.18. The summed E-state index contributed by atoms with van der Waals surface area (Å²) in [6, 6.07) is 20.3. The smallest absolute Gasteiger partial charge is 0.311 e. The van der Waals surface area contributed by atoms with Crippen molar-refractivity contribution in [1.29, 1.82) is 0 Å². The van der Waals surface area contributed by atoms with Crippen LogP contribution in [0.3, 0.4) is 0 Å². The van der Waals surface area contributed by atoms with Gasteiger partial charge in [0.15, 0.2) is 0 Å². The number of nitroso groups, excluding NO2 is 1. The van der Waals surface area contributed by atoms with E-state index in [-0.39, 0.29) is 25.4 Å². The summed E-state index contributed by atoms with van der Waals surface area (Å²) in [5.41, 5.74) is 3.67. The van der Waals surface area contributed by atoms with Gasteiger partial charge in [-0.25, -0.2) is 4.98 Å². The Morgan fingerprint density at radius 2 is 1.59 bits per heavy atom. The first-order valence-electron chi connectivity index (χ1n) is 11.3. The van der Waals surface area contributed by atoms with E-state index >= 15 is 0 Å². The summed E-state index contributed by atoms with van der Waals surface area (Å²) in [4.78, 5) is 33.0. The largest absolute Gasteiger partial charge is 0.374 e. The second-order valence-electron chi connectivity index (χ2n) is 8.13. The summed E-state index contributed by atoms with van der Waals surface area (Å²) in [7, 11) is 0. The molecule has 0 saturated heterocycles. The van der Waals surface area contributed by atoms with Gasteiger partial charge < -0.3 is 14.4 Å². The average Bonchev–Trinajstić information content (AvgIpc) is 2.87. The van der Waals surface area contributed by atoms with Gasteiger partial charge in [-0.15, -0.1) is 4.91 Å². The van der Waals surface area contributed by atoms with Crippen molar-refractivity contribution in [2.24, 2.45) is 5.18 Å². The Hall–Kier alpha value is -3.49. The predicted octanol–water partition coefficient (Wildman–Crippen LogP) is 4.74. The van der Waals surface area contributed by atoms with Gasteiger partial charge in [-0.2, -0.15) is 0 Å². The van der Waals surface area contributed by atoms with Crippen LogP contribution in [0.4, 0.5) is 5.82 Å². The van der Waals surface area contributed by atoms with Gasteiger partial charge in [0.2, 0.25) is 0 Å². The fraction of sp³-hybridized carbons (Fsp3) is 0.346. The monoisotopic (exact) mass is 462 g/mol. The molecule has 34 heavy (non-hydrogen) atoms. The second-order valence-corrected chi connectivity index (χ2v) is 8.13. The van der Waals surface area contributed by atoms with E-state index in [1.165, 1.54) is 0 Å². The number of benzene rings is 2. The third kappa shape index (κ3) is 7.00. The van der Waals surface area contributed by atoms with Crippen LogP contribution in [0.2, 0.25) is 0 Å². The van der Waals surface area contributed by atoms with Crippen LogP contribution in [-0.2, 0) is 14.3 Å². The molecule has 1 aromatic heterocycles. The predicted molar refractivity (Wildman–Crippen MR) is 132 cm³/mol. The number of rotatable bonds is 12. The molecule has 0 N–H and O–H groups in total. The fourth-order valence-electron chi connectivity index (χ4n) is 3.50. The first kappa shape index (κ1) is 25.1. The van der Waals surface area contributed by atoms with Gasteiger partial charge in [-0.05, 0) is 20.8 Å². The Morgan fingerprint density at radius 3 is 2.18 bits per heavy atom. The molecule has 0 aliphatic carbocycles. The Kier molecular flexibility index (Phi) is 9.37. The first-order valence-corrected chi connectivity index (χ1v) is 11.3. The Labute approximate surface area is 199 Å². The van der Waals surface area contributed by atoms with Crippen LogP contribution in [0.5, 0.6) is 0 Å². The fourth-order valence-corrected chi connectivity index (χ4v) is 3.50. The second kappa shape index (κ2) is 12.7. The summed E-state index contributed by atoms with van der Waals surface area (Å²) >= 11 is 0. The third-order valence-electron chi connectivity index (χ3n) is 5.19. The van der Waals surface area contributed by atoms with Crippen molar-refractivity contribution in [2.75, 3.05) is 31.3 Å². The lowest BCUT2D eigenvalue weighted by molar-refractivity contribution is -0.123. The highest BCUT2D eigenvalue weighted by Crippen LogP contribution is 2.30. The normalized spacial score (nSPS) is 11.9. The molecule has 0 bridgehead atoms. The van der Waals surface area contributed by atoms with Crippen LogP contribution in [0.1, 0.15) is 20.8 Å². The van der Waals surface area contributed by atoms with Crippen molar-refractivity contribution in [2.45, 2.75) is 32.9 Å². The zero-order valence-electron chi connectivity index (χ0n) is 19.8. The lowest BCUT2D eigenvalue weighted by Gasteiger charge is -2.29. The van der Waals surface area contributed by atoms with Gasteiger partial charge in [0, 0.05) is 28.9 Å². The van der Waals surface area contributed by atoms with Crippen molar-refractivity contribution in [3.8, 4) is 22.5 Å². The van der Waals surface area contributed by atoms with Gasteiger partial charge in [0.05, 0.1) is 36.9 Å². The Bertz CT molecular complexity index is 1060. The van der Waals surface area contributed by atoms with Crippen molar-refractivity contribution in [3.05, 3.63) is 71.8 Å². The number of ether oxygens (including phenoxy) is 2. The van der Waals surface area contributed by atoms with Gasteiger partial charge in [-0.3, -0.25) is 9.78 Å². The zero-order chi connectivity index (χ0) is 24.3. The number of anilines is 1. The molecule has 0 spiro atoms. The summed E-state index contributed by atoms with van der Waals surface area (Å²) < 4.78 is 11.0. The minimum Gasteiger partial charge on any atom is -0.374 e.